The minimum Gasteiger partial charge on any atom is -0.352 e. The molecular weight excluding hydrogens is 369 g/mol. The van der Waals surface area contributed by atoms with E-state index in [0.29, 0.717) is 27.5 Å². The molecule has 2 aromatic heterocycles. The first-order valence-corrected chi connectivity index (χ1v) is 9.09. The zero-order chi connectivity index (χ0) is 18.5. The van der Waals surface area contributed by atoms with Crippen LogP contribution < -0.4 is 10.6 Å². The number of benzene rings is 1. The molecular formula is C19H19Cl2N5. The second-order valence-electron chi connectivity index (χ2n) is 5.87. The van der Waals surface area contributed by atoms with Crippen LogP contribution in [0.2, 0.25) is 10.0 Å². The van der Waals surface area contributed by atoms with Crippen molar-refractivity contribution in [3.8, 4) is 11.3 Å². The van der Waals surface area contributed by atoms with E-state index in [1.54, 1.807) is 30.6 Å². The number of nitrogens with zero attached hydrogens (tertiary/aromatic N) is 3. The molecule has 134 valence electrons. The molecule has 5 nitrogen and oxygen atoms in total. The molecule has 0 radical (unpaired) electrons. The van der Waals surface area contributed by atoms with E-state index in [-0.39, 0.29) is 6.04 Å². The summed E-state index contributed by atoms with van der Waals surface area (Å²) in [6.07, 6.45) is 4.43. The molecule has 0 aliphatic heterocycles. The third-order valence-corrected chi connectivity index (χ3v) is 4.54. The second kappa shape index (κ2) is 8.34. The highest BCUT2D eigenvalue weighted by molar-refractivity contribution is 6.39. The van der Waals surface area contributed by atoms with Gasteiger partial charge < -0.3 is 10.6 Å². The lowest BCUT2D eigenvalue weighted by molar-refractivity contribution is 0.753. The normalized spacial score (nSPS) is 11.8. The number of aromatic nitrogens is 3. The number of nitrogens with one attached hydrogen (secondary N) is 2. The van der Waals surface area contributed by atoms with Crippen molar-refractivity contribution < 1.29 is 0 Å². The molecule has 0 saturated carbocycles. The molecule has 26 heavy (non-hydrogen) atoms. The third-order valence-electron chi connectivity index (χ3n) is 3.91. The summed E-state index contributed by atoms with van der Waals surface area (Å²) in [5, 5.41) is 7.58. The van der Waals surface area contributed by atoms with Gasteiger partial charge in [0.25, 0.3) is 0 Å². The largest absolute Gasteiger partial charge is 0.352 e. The maximum absolute atomic E-state index is 6.27. The van der Waals surface area contributed by atoms with Gasteiger partial charge in [0.2, 0.25) is 5.95 Å². The van der Waals surface area contributed by atoms with Crippen LogP contribution in [0.4, 0.5) is 17.5 Å². The van der Waals surface area contributed by atoms with Crippen LogP contribution in [0.15, 0.2) is 48.8 Å². The summed E-state index contributed by atoms with van der Waals surface area (Å²) >= 11 is 12.5. The van der Waals surface area contributed by atoms with Gasteiger partial charge in [-0.3, -0.25) is 4.98 Å². The van der Waals surface area contributed by atoms with E-state index < -0.39 is 0 Å². The van der Waals surface area contributed by atoms with E-state index >= 15 is 0 Å². The minimum atomic E-state index is 0.249. The molecule has 0 saturated heterocycles. The van der Waals surface area contributed by atoms with Gasteiger partial charge in [0.1, 0.15) is 5.82 Å². The molecule has 3 rings (SSSR count). The summed E-state index contributed by atoms with van der Waals surface area (Å²) in [5.41, 5.74) is 2.34. The molecule has 0 bridgehead atoms. The van der Waals surface area contributed by atoms with Crippen molar-refractivity contribution in [3.05, 3.63) is 58.8 Å². The van der Waals surface area contributed by atoms with Crippen LogP contribution in [0.1, 0.15) is 20.3 Å². The summed E-state index contributed by atoms with van der Waals surface area (Å²) in [6.45, 7) is 4.19. The van der Waals surface area contributed by atoms with Crippen LogP contribution in [-0.4, -0.2) is 21.0 Å². The van der Waals surface area contributed by atoms with E-state index in [9.17, 15) is 0 Å². The first kappa shape index (κ1) is 18.4. The van der Waals surface area contributed by atoms with Crippen molar-refractivity contribution >= 4 is 40.7 Å². The van der Waals surface area contributed by atoms with Gasteiger partial charge in [-0.1, -0.05) is 36.2 Å². The molecule has 0 unspecified atom stereocenters. The number of rotatable bonds is 6. The summed E-state index contributed by atoms with van der Waals surface area (Å²) in [6, 6.07) is 11.3. The second-order valence-corrected chi connectivity index (χ2v) is 6.69. The number of pyridine rings is 1. The van der Waals surface area contributed by atoms with Gasteiger partial charge in [0.05, 0.1) is 21.4 Å². The van der Waals surface area contributed by atoms with E-state index in [0.717, 1.165) is 17.7 Å². The lowest BCUT2D eigenvalue weighted by Gasteiger charge is -2.15. The minimum absolute atomic E-state index is 0.249. The Kier molecular flexibility index (Phi) is 5.91. The van der Waals surface area contributed by atoms with Crippen LogP contribution >= 0.6 is 23.2 Å². The maximum atomic E-state index is 6.27. The molecule has 0 aliphatic rings. The number of hydrogen-bond donors (Lipinski definition) is 2. The highest BCUT2D eigenvalue weighted by Crippen LogP contribution is 2.33. The topological polar surface area (TPSA) is 62.7 Å². The van der Waals surface area contributed by atoms with Gasteiger partial charge in [-0.25, -0.2) is 4.98 Å². The van der Waals surface area contributed by atoms with E-state index in [1.165, 1.54) is 0 Å². The predicted octanol–water partition coefficient (Wildman–Crippen LogP) is 5.80. The van der Waals surface area contributed by atoms with Crippen molar-refractivity contribution in [1.29, 1.82) is 0 Å². The molecule has 0 aliphatic carbocycles. The monoisotopic (exact) mass is 387 g/mol. The van der Waals surface area contributed by atoms with E-state index in [1.807, 2.05) is 18.2 Å². The maximum Gasteiger partial charge on any atom is 0.225 e. The average Bonchev–Trinajstić information content (AvgIpc) is 2.65. The lowest BCUT2D eigenvalue weighted by atomic mass is 10.2. The van der Waals surface area contributed by atoms with Crippen molar-refractivity contribution in [2.75, 3.05) is 10.6 Å². The lowest BCUT2D eigenvalue weighted by Crippen LogP contribution is -2.16. The molecule has 2 N–H and O–H groups in total. The van der Waals surface area contributed by atoms with E-state index in [4.69, 9.17) is 23.2 Å². The van der Waals surface area contributed by atoms with Crippen LogP contribution in [0.5, 0.6) is 0 Å². The Morgan fingerprint density at radius 2 is 1.73 bits per heavy atom. The Hall–Kier alpha value is -2.37. The fourth-order valence-corrected chi connectivity index (χ4v) is 2.81. The Morgan fingerprint density at radius 1 is 1.04 bits per heavy atom. The number of hydrogen-bond acceptors (Lipinski definition) is 5. The molecule has 3 aromatic rings. The molecule has 0 spiro atoms. The first-order chi connectivity index (χ1) is 12.6. The van der Waals surface area contributed by atoms with E-state index in [2.05, 4.69) is 39.4 Å². The molecule has 0 fully saturated rings. The summed E-state index contributed by atoms with van der Waals surface area (Å²) < 4.78 is 0. The molecule has 1 atom stereocenters. The van der Waals surface area contributed by atoms with Crippen molar-refractivity contribution in [2.45, 2.75) is 26.3 Å². The van der Waals surface area contributed by atoms with Crippen LogP contribution in [0.3, 0.4) is 0 Å². The predicted molar refractivity (Wildman–Crippen MR) is 108 cm³/mol. The summed E-state index contributed by atoms with van der Waals surface area (Å²) in [7, 11) is 0. The Balaban J connectivity index is 2.02. The molecule has 7 heteroatoms. The average molecular weight is 388 g/mol. The van der Waals surface area contributed by atoms with Crippen molar-refractivity contribution in [1.82, 2.24) is 15.0 Å². The highest BCUT2D eigenvalue weighted by atomic mass is 35.5. The van der Waals surface area contributed by atoms with Gasteiger partial charge in [0, 0.05) is 30.1 Å². The zero-order valence-corrected chi connectivity index (χ0v) is 16.0. The van der Waals surface area contributed by atoms with Crippen molar-refractivity contribution in [3.63, 3.8) is 0 Å². The SMILES string of the molecule is CC[C@H](C)Nc1nc(Nc2c(Cl)cccc2Cl)cc(-c2ccncc2)n1. The smallest absolute Gasteiger partial charge is 0.225 e. The van der Waals surface area contributed by atoms with Crippen LogP contribution in [-0.2, 0) is 0 Å². The summed E-state index contributed by atoms with van der Waals surface area (Å²) in [4.78, 5) is 13.2. The third kappa shape index (κ3) is 4.42. The van der Waals surface area contributed by atoms with Gasteiger partial charge in [-0.15, -0.1) is 0 Å². The van der Waals surface area contributed by atoms with Crippen molar-refractivity contribution in [2.24, 2.45) is 0 Å². The first-order valence-electron chi connectivity index (χ1n) is 8.34. The fraction of sp³-hybridized carbons (Fsp3) is 0.211. The van der Waals surface area contributed by atoms with Gasteiger partial charge >= 0.3 is 0 Å². The van der Waals surface area contributed by atoms with Gasteiger partial charge in [-0.2, -0.15) is 4.98 Å². The molecule has 2 heterocycles. The number of halogens is 2. The number of anilines is 3. The zero-order valence-electron chi connectivity index (χ0n) is 14.5. The molecule has 1 aromatic carbocycles. The Bertz CT molecular complexity index is 866. The summed E-state index contributed by atoms with van der Waals surface area (Å²) in [5.74, 6) is 1.15. The Labute approximate surface area is 162 Å². The number of para-hydroxylation sites is 1. The van der Waals surface area contributed by atoms with Crippen LogP contribution in [0.25, 0.3) is 11.3 Å². The van der Waals surface area contributed by atoms with Crippen LogP contribution in [0, 0.1) is 0 Å². The Morgan fingerprint density at radius 3 is 2.38 bits per heavy atom. The van der Waals surface area contributed by atoms with Gasteiger partial charge in [-0.05, 0) is 37.6 Å². The fourth-order valence-electron chi connectivity index (χ4n) is 2.31. The van der Waals surface area contributed by atoms with Gasteiger partial charge in [0.15, 0.2) is 0 Å². The highest BCUT2D eigenvalue weighted by Gasteiger charge is 2.11. The quantitative estimate of drug-likeness (QED) is 0.559. The molecule has 0 amide bonds. The standard InChI is InChI=1S/C19H19Cl2N5/c1-3-12(2)23-19-24-16(13-7-9-22-10-8-13)11-17(26-19)25-18-14(20)5-4-6-15(18)21/h4-12H,3H2,1-2H3,(H2,23,24,25,26)/t12-/m0/s1.